The molecule has 1 aliphatic rings. The average molecular weight is 264 g/mol. The number of anilines is 1. The van der Waals surface area contributed by atoms with Crippen molar-refractivity contribution in [2.45, 2.75) is 58.5 Å². The average Bonchev–Trinajstić information content (AvgIpc) is 2.43. The summed E-state index contributed by atoms with van der Waals surface area (Å²) in [5, 5.41) is 0. The van der Waals surface area contributed by atoms with Crippen molar-refractivity contribution in [2.24, 2.45) is 11.8 Å². The lowest BCUT2D eigenvalue weighted by molar-refractivity contribution is 0.128. The van der Waals surface area contributed by atoms with Gasteiger partial charge in [0.2, 0.25) is 5.88 Å². The Balaban J connectivity index is 2.10. The maximum atomic E-state index is 6.08. The molecule has 0 atom stereocenters. The summed E-state index contributed by atoms with van der Waals surface area (Å²) in [6, 6.07) is 0. The van der Waals surface area contributed by atoms with Gasteiger partial charge in [-0.15, -0.1) is 0 Å². The van der Waals surface area contributed by atoms with Crippen LogP contribution in [0, 0.1) is 5.92 Å². The third-order valence-corrected chi connectivity index (χ3v) is 3.78. The highest BCUT2D eigenvalue weighted by molar-refractivity contribution is 5.47. The lowest BCUT2D eigenvalue weighted by atomic mass is 9.89. The minimum atomic E-state index is 0.285. The van der Waals surface area contributed by atoms with Crippen LogP contribution in [0.1, 0.15) is 51.5 Å². The summed E-state index contributed by atoms with van der Waals surface area (Å²) < 4.78 is 6.08. The lowest BCUT2D eigenvalue weighted by Gasteiger charge is -2.27. The van der Waals surface area contributed by atoms with E-state index in [9.17, 15) is 0 Å². The summed E-state index contributed by atoms with van der Waals surface area (Å²) in [7, 11) is 0. The highest BCUT2D eigenvalue weighted by Crippen LogP contribution is 2.29. The first kappa shape index (κ1) is 14.1. The van der Waals surface area contributed by atoms with Crippen molar-refractivity contribution in [3.05, 3.63) is 11.9 Å². The molecule has 5 nitrogen and oxygen atoms in total. The van der Waals surface area contributed by atoms with Crippen molar-refractivity contribution in [1.29, 1.82) is 0 Å². The molecule has 3 N–H and O–H groups in total. The fourth-order valence-corrected chi connectivity index (χ4v) is 2.60. The van der Waals surface area contributed by atoms with E-state index in [2.05, 4.69) is 29.2 Å². The van der Waals surface area contributed by atoms with Gasteiger partial charge in [0, 0.05) is 0 Å². The van der Waals surface area contributed by atoms with Crippen molar-refractivity contribution < 1.29 is 4.74 Å². The fourth-order valence-electron chi connectivity index (χ4n) is 2.60. The molecule has 1 aliphatic carbocycles. The number of nitrogens with zero attached hydrogens (tertiary/aromatic N) is 2. The van der Waals surface area contributed by atoms with Crippen LogP contribution in [0.5, 0.6) is 5.88 Å². The largest absolute Gasteiger partial charge is 0.474 e. The minimum absolute atomic E-state index is 0.285. The highest BCUT2D eigenvalue weighted by Gasteiger charge is 2.22. The molecule has 0 aromatic carbocycles. The van der Waals surface area contributed by atoms with Crippen molar-refractivity contribution >= 4 is 5.82 Å². The third kappa shape index (κ3) is 3.56. The van der Waals surface area contributed by atoms with Gasteiger partial charge < -0.3 is 10.2 Å². The smallest absolute Gasteiger partial charge is 0.222 e. The quantitative estimate of drug-likeness (QED) is 0.632. The number of hydrogen-bond acceptors (Lipinski definition) is 5. The molecule has 0 spiro atoms. The number of rotatable bonds is 5. The minimum Gasteiger partial charge on any atom is -0.474 e. The van der Waals surface area contributed by atoms with Crippen LogP contribution in [0.2, 0.25) is 0 Å². The molecule has 0 saturated heterocycles. The molecule has 106 valence electrons. The van der Waals surface area contributed by atoms with Crippen LogP contribution in [0.15, 0.2) is 6.33 Å². The van der Waals surface area contributed by atoms with Crippen LogP contribution in [-0.2, 0) is 6.42 Å². The van der Waals surface area contributed by atoms with Gasteiger partial charge in [-0.25, -0.2) is 15.8 Å². The van der Waals surface area contributed by atoms with Crippen LogP contribution in [0.3, 0.4) is 0 Å². The van der Waals surface area contributed by atoms with E-state index in [1.54, 1.807) is 0 Å². The molecule has 1 aromatic heterocycles. The topological polar surface area (TPSA) is 73.1 Å². The standard InChI is InChI=1S/C14H24N4O/c1-3-4-12-13(18-15)16-9-17-14(12)19-11-7-5-10(2)6-8-11/h9-11H,3-8,15H2,1-2H3,(H,16,17,18). The first-order valence-electron chi connectivity index (χ1n) is 7.21. The Morgan fingerprint density at radius 3 is 2.68 bits per heavy atom. The monoisotopic (exact) mass is 264 g/mol. The summed E-state index contributed by atoms with van der Waals surface area (Å²) in [6.45, 7) is 4.43. The summed E-state index contributed by atoms with van der Waals surface area (Å²) in [5.41, 5.74) is 3.63. The highest BCUT2D eigenvalue weighted by atomic mass is 16.5. The van der Waals surface area contributed by atoms with E-state index in [1.165, 1.54) is 19.2 Å². The Labute approximate surface area is 114 Å². The Bertz CT molecular complexity index is 402. The molecular weight excluding hydrogens is 240 g/mol. The summed E-state index contributed by atoms with van der Waals surface area (Å²) in [4.78, 5) is 8.44. The van der Waals surface area contributed by atoms with Gasteiger partial charge in [0.15, 0.2) is 0 Å². The summed E-state index contributed by atoms with van der Waals surface area (Å²) in [5.74, 6) is 7.70. The third-order valence-electron chi connectivity index (χ3n) is 3.78. The van der Waals surface area contributed by atoms with Gasteiger partial charge in [-0.05, 0) is 38.0 Å². The zero-order valence-electron chi connectivity index (χ0n) is 11.9. The second-order valence-corrected chi connectivity index (χ2v) is 5.40. The second-order valence-electron chi connectivity index (χ2n) is 5.40. The maximum absolute atomic E-state index is 6.08. The van der Waals surface area contributed by atoms with E-state index in [1.807, 2.05) is 0 Å². The zero-order valence-corrected chi connectivity index (χ0v) is 11.9. The molecule has 1 fully saturated rings. The zero-order chi connectivity index (χ0) is 13.7. The van der Waals surface area contributed by atoms with E-state index in [-0.39, 0.29) is 6.10 Å². The number of ether oxygens (including phenoxy) is 1. The van der Waals surface area contributed by atoms with Gasteiger partial charge in [-0.2, -0.15) is 0 Å². The molecular formula is C14H24N4O. The Hall–Kier alpha value is -1.36. The van der Waals surface area contributed by atoms with Crippen LogP contribution < -0.4 is 16.0 Å². The predicted molar refractivity (Wildman–Crippen MR) is 75.9 cm³/mol. The van der Waals surface area contributed by atoms with E-state index in [0.29, 0.717) is 11.7 Å². The van der Waals surface area contributed by atoms with Crippen molar-refractivity contribution in [3.63, 3.8) is 0 Å². The molecule has 5 heteroatoms. The number of aromatic nitrogens is 2. The van der Waals surface area contributed by atoms with Gasteiger partial charge in [0.1, 0.15) is 18.2 Å². The first-order valence-corrected chi connectivity index (χ1v) is 7.21. The van der Waals surface area contributed by atoms with Gasteiger partial charge in [0.25, 0.3) is 0 Å². The molecule has 19 heavy (non-hydrogen) atoms. The van der Waals surface area contributed by atoms with Gasteiger partial charge in [-0.3, -0.25) is 0 Å². The van der Waals surface area contributed by atoms with Gasteiger partial charge >= 0.3 is 0 Å². The van der Waals surface area contributed by atoms with E-state index < -0.39 is 0 Å². The second kappa shape index (κ2) is 6.70. The molecule has 0 radical (unpaired) electrons. The molecule has 0 unspecified atom stereocenters. The number of nitrogens with two attached hydrogens (primary N) is 1. The number of nitrogen functional groups attached to an aromatic ring is 1. The predicted octanol–water partition coefficient (Wildman–Crippen LogP) is 2.67. The normalized spacial score (nSPS) is 23.1. The van der Waals surface area contributed by atoms with Gasteiger partial charge in [-0.1, -0.05) is 20.3 Å². The molecule has 1 saturated carbocycles. The van der Waals surface area contributed by atoms with Crippen molar-refractivity contribution in [2.75, 3.05) is 5.43 Å². The maximum Gasteiger partial charge on any atom is 0.222 e. The van der Waals surface area contributed by atoms with E-state index >= 15 is 0 Å². The van der Waals surface area contributed by atoms with E-state index in [0.717, 1.165) is 37.2 Å². The lowest BCUT2D eigenvalue weighted by Crippen LogP contribution is -2.24. The summed E-state index contributed by atoms with van der Waals surface area (Å²) in [6.07, 6.45) is 8.38. The first-order chi connectivity index (χ1) is 9.24. The van der Waals surface area contributed by atoms with Gasteiger partial charge in [0.05, 0.1) is 5.56 Å². The van der Waals surface area contributed by atoms with Crippen molar-refractivity contribution in [1.82, 2.24) is 9.97 Å². The van der Waals surface area contributed by atoms with Crippen molar-refractivity contribution in [3.8, 4) is 5.88 Å². The fraction of sp³-hybridized carbons (Fsp3) is 0.714. The molecule has 0 bridgehead atoms. The van der Waals surface area contributed by atoms with Crippen LogP contribution in [0.4, 0.5) is 5.82 Å². The summed E-state index contributed by atoms with van der Waals surface area (Å²) >= 11 is 0. The Kier molecular flexibility index (Phi) is 4.96. The Morgan fingerprint density at radius 2 is 2.05 bits per heavy atom. The SMILES string of the molecule is CCCc1c(NN)ncnc1OC1CCC(C)CC1. The molecule has 1 heterocycles. The number of hydrazine groups is 1. The molecule has 0 aliphatic heterocycles. The van der Waals surface area contributed by atoms with Crippen LogP contribution in [-0.4, -0.2) is 16.1 Å². The number of hydrogen-bond donors (Lipinski definition) is 2. The molecule has 0 amide bonds. The number of nitrogens with one attached hydrogen (secondary N) is 1. The van der Waals surface area contributed by atoms with Crippen LogP contribution >= 0.6 is 0 Å². The molecule has 2 rings (SSSR count). The Morgan fingerprint density at radius 1 is 1.32 bits per heavy atom. The molecule has 1 aromatic rings. The van der Waals surface area contributed by atoms with E-state index in [4.69, 9.17) is 10.6 Å². The van der Waals surface area contributed by atoms with Crippen LogP contribution in [0.25, 0.3) is 0 Å².